The number of aromatic nitrogens is 12. The summed E-state index contributed by atoms with van der Waals surface area (Å²) in [5.74, 6) is 3.37. The molecule has 8 aromatic heterocycles. The number of rotatable bonds is 16. The highest BCUT2D eigenvalue weighted by Gasteiger charge is 2.21. The third-order valence-electron chi connectivity index (χ3n) is 18.4. The van der Waals surface area contributed by atoms with Gasteiger partial charge in [0.25, 0.3) is 0 Å². The summed E-state index contributed by atoms with van der Waals surface area (Å²) in [6.07, 6.45) is 21.4. The van der Waals surface area contributed by atoms with E-state index in [1.807, 2.05) is 12.1 Å². The molecule has 8 aromatic carbocycles. The van der Waals surface area contributed by atoms with Gasteiger partial charge in [-0.15, -0.1) is 0 Å². The second-order valence-corrected chi connectivity index (χ2v) is 27.7. The van der Waals surface area contributed by atoms with E-state index in [2.05, 4.69) is 265 Å². The van der Waals surface area contributed by atoms with Crippen LogP contribution in [-0.4, -0.2) is 59.8 Å². The highest BCUT2D eigenvalue weighted by Crippen LogP contribution is 2.41. The highest BCUT2D eigenvalue weighted by atomic mass is 14.9. The second kappa shape index (κ2) is 28.0. The molecule has 12 nitrogen and oxygen atoms in total. The van der Waals surface area contributed by atoms with Crippen LogP contribution in [0, 0.1) is 23.7 Å². The van der Waals surface area contributed by atoms with Gasteiger partial charge in [0, 0.05) is 137 Å². The third-order valence-corrected chi connectivity index (χ3v) is 18.4. The average molecular weight is 1300 g/mol. The number of hydrogen-bond donors (Lipinski definition) is 0. The SMILES string of the molecule is CC(C)Cc1cc(-c2cccc(-c3cnccn3)c2)nc2c1ccc1c2ccc2c(CC(C)C)cc(-c3cccc(-c4cnccn4)c3)nc21.CC(C)Cc1cc(-c2cccc(-c3ncccn3)c2)nc2c1ccc1c2ccc2c(CC(C)C)cc(-c3cccc(-c4ncccn4)c3)nc21. The molecule has 488 valence electrons. The zero-order valence-corrected chi connectivity index (χ0v) is 57.6. The van der Waals surface area contributed by atoms with Gasteiger partial charge in [0.2, 0.25) is 0 Å². The van der Waals surface area contributed by atoms with Gasteiger partial charge in [0.05, 0.1) is 68.6 Å². The fourth-order valence-corrected chi connectivity index (χ4v) is 14.0. The predicted molar refractivity (Wildman–Crippen MR) is 409 cm³/mol. The maximum atomic E-state index is 5.40. The van der Waals surface area contributed by atoms with Gasteiger partial charge in [0.1, 0.15) is 0 Å². The Labute approximate surface area is 583 Å². The summed E-state index contributed by atoms with van der Waals surface area (Å²) >= 11 is 0. The smallest absolute Gasteiger partial charge is 0.159 e. The molecule has 0 aliphatic heterocycles. The molecule has 16 aromatic rings. The molecule has 0 saturated carbocycles. The van der Waals surface area contributed by atoms with E-state index < -0.39 is 0 Å². The highest BCUT2D eigenvalue weighted by molar-refractivity contribution is 6.18. The Morgan fingerprint density at radius 3 is 0.740 bits per heavy atom. The minimum Gasteiger partial charge on any atom is -0.261 e. The van der Waals surface area contributed by atoms with Crippen LogP contribution >= 0.6 is 0 Å². The number of pyridine rings is 4. The zero-order chi connectivity index (χ0) is 68.4. The van der Waals surface area contributed by atoms with Crippen molar-refractivity contribution < 1.29 is 0 Å². The standard InChI is InChI=1S/2C44H38N6/c1-27(2)21-33-25-39(29-9-5-11-31(23-29)43-45-17-7-18-46-43)49-41-35(33)13-15-38-37(41)16-14-36-34(22-28(3)4)26-40(50-42(36)38)30-10-6-12-32(24-30)44-47-19-8-20-48-44;1-27(2)19-33-23-39(29-7-5-9-31(21-29)41-25-45-15-17-47-41)49-43-35(33)11-13-38-37(43)14-12-36-34(20-28(3)4)24-40(50-44(36)38)30-8-6-10-32(22-30)42-26-46-16-18-48-42/h5-20,23-28H,21-22H2,1-4H3;5-18,21-28H,19-20H2,1-4H3. The van der Waals surface area contributed by atoms with E-state index in [0.717, 1.165) is 148 Å². The Hall–Kier alpha value is -11.8. The summed E-state index contributed by atoms with van der Waals surface area (Å²) in [6.45, 7) is 18.2. The van der Waals surface area contributed by atoms with Crippen molar-refractivity contribution >= 4 is 65.2 Å². The number of nitrogens with zero attached hydrogens (tertiary/aromatic N) is 12. The van der Waals surface area contributed by atoms with Crippen molar-refractivity contribution in [3.05, 3.63) is 266 Å². The topological polar surface area (TPSA) is 155 Å². The first-order valence-electron chi connectivity index (χ1n) is 34.7. The Morgan fingerprint density at radius 2 is 0.480 bits per heavy atom. The van der Waals surface area contributed by atoms with Gasteiger partial charge in [0.15, 0.2) is 11.6 Å². The van der Waals surface area contributed by atoms with Crippen molar-refractivity contribution in [3.8, 4) is 90.3 Å². The quantitative estimate of drug-likeness (QED) is 0.0846. The molecule has 0 N–H and O–H groups in total. The molecular formula is C88H76N12. The first-order valence-corrected chi connectivity index (χ1v) is 34.7. The van der Waals surface area contributed by atoms with Gasteiger partial charge in [-0.2, -0.15) is 0 Å². The Balaban J connectivity index is 0.000000162. The monoisotopic (exact) mass is 1300 g/mol. The molecule has 0 saturated heterocycles. The van der Waals surface area contributed by atoms with Crippen molar-refractivity contribution in [2.75, 3.05) is 0 Å². The van der Waals surface area contributed by atoms with Crippen LogP contribution in [0.25, 0.3) is 155 Å². The van der Waals surface area contributed by atoms with Crippen LogP contribution in [-0.2, 0) is 25.7 Å². The van der Waals surface area contributed by atoms with Crippen LogP contribution in [0.2, 0.25) is 0 Å². The fraction of sp³-hybridized carbons (Fsp3) is 0.182. The zero-order valence-electron chi connectivity index (χ0n) is 57.6. The van der Waals surface area contributed by atoms with E-state index in [4.69, 9.17) is 19.9 Å². The summed E-state index contributed by atoms with van der Waals surface area (Å²) in [6, 6.07) is 64.4. The molecular weight excluding hydrogens is 1230 g/mol. The van der Waals surface area contributed by atoms with Crippen LogP contribution in [0.15, 0.2) is 244 Å². The summed E-state index contributed by atoms with van der Waals surface area (Å²) in [7, 11) is 0. The van der Waals surface area contributed by atoms with Gasteiger partial charge < -0.3 is 0 Å². The van der Waals surface area contributed by atoms with Crippen molar-refractivity contribution in [2.24, 2.45) is 23.7 Å². The summed E-state index contributed by atoms with van der Waals surface area (Å²) < 4.78 is 0. The van der Waals surface area contributed by atoms with E-state index in [-0.39, 0.29) is 0 Å². The predicted octanol–water partition coefficient (Wildman–Crippen LogP) is 21.2. The Morgan fingerprint density at radius 1 is 0.230 bits per heavy atom. The maximum absolute atomic E-state index is 5.40. The lowest BCUT2D eigenvalue weighted by Gasteiger charge is -2.17. The molecule has 16 rings (SSSR count). The molecule has 0 fully saturated rings. The lowest BCUT2D eigenvalue weighted by Crippen LogP contribution is -2.00. The van der Waals surface area contributed by atoms with Crippen molar-refractivity contribution in [1.82, 2.24) is 59.8 Å². The molecule has 0 unspecified atom stereocenters. The van der Waals surface area contributed by atoms with E-state index in [1.165, 1.54) is 43.8 Å². The van der Waals surface area contributed by atoms with Crippen LogP contribution in [0.5, 0.6) is 0 Å². The molecule has 0 amide bonds. The largest absolute Gasteiger partial charge is 0.261 e. The average Bonchev–Trinajstić information content (AvgIpc) is 0.744. The number of hydrogen-bond acceptors (Lipinski definition) is 12. The van der Waals surface area contributed by atoms with E-state index in [1.54, 1.807) is 62.0 Å². The molecule has 0 atom stereocenters. The first kappa shape index (κ1) is 64.2. The third kappa shape index (κ3) is 13.4. The van der Waals surface area contributed by atoms with Crippen LogP contribution in [0.4, 0.5) is 0 Å². The van der Waals surface area contributed by atoms with E-state index in [9.17, 15) is 0 Å². The van der Waals surface area contributed by atoms with E-state index >= 15 is 0 Å². The lowest BCUT2D eigenvalue weighted by atomic mass is 9.92. The Bertz CT molecular complexity index is 4980. The minimum absolute atomic E-state index is 0.490. The molecule has 0 aliphatic rings. The van der Waals surface area contributed by atoms with Gasteiger partial charge in [-0.1, -0.05) is 177 Å². The lowest BCUT2D eigenvalue weighted by molar-refractivity contribution is 0.650. The maximum Gasteiger partial charge on any atom is 0.159 e. The van der Waals surface area contributed by atoms with E-state index in [0.29, 0.717) is 35.3 Å². The van der Waals surface area contributed by atoms with Crippen LogP contribution in [0.3, 0.4) is 0 Å². The molecule has 0 radical (unpaired) electrons. The molecule has 0 bridgehead atoms. The fourth-order valence-electron chi connectivity index (χ4n) is 14.0. The summed E-state index contributed by atoms with van der Waals surface area (Å²) in [5.41, 5.74) is 22.9. The first-order chi connectivity index (χ1) is 48.8. The molecule has 8 heterocycles. The molecule has 0 aliphatic carbocycles. The summed E-state index contributed by atoms with van der Waals surface area (Å²) in [5, 5.41) is 9.19. The molecule has 100 heavy (non-hydrogen) atoms. The normalized spacial score (nSPS) is 11.7. The number of benzene rings is 8. The summed E-state index contributed by atoms with van der Waals surface area (Å²) in [4.78, 5) is 57.2. The van der Waals surface area contributed by atoms with Crippen LogP contribution < -0.4 is 0 Å². The van der Waals surface area contributed by atoms with Crippen molar-refractivity contribution in [3.63, 3.8) is 0 Å². The van der Waals surface area contributed by atoms with Gasteiger partial charge >= 0.3 is 0 Å². The van der Waals surface area contributed by atoms with Gasteiger partial charge in [-0.25, -0.2) is 39.9 Å². The van der Waals surface area contributed by atoms with Crippen LogP contribution in [0.1, 0.15) is 77.6 Å². The number of fused-ring (bicyclic) bond motifs is 10. The van der Waals surface area contributed by atoms with Gasteiger partial charge in [-0.3, -0.25) is 19.9 Å². The Kier molecular flexibility index (Phi) is 18.0. The van der Waals surface area contributed by atoms with Crippen molar-refractivity contribution in [1.29, 1.82) is 0 Å². The second-order valence-electron chi connectivity index (χ2n) is 27.7. The molecule has 0 spiro atoms. The minimum atomic E-state index is 0.490. The molecule has 12 heteroatoms. The van der Waals surface area contributed by atoms with Crippen molar-refractivity contribution in [2.45, 2.75) is 81.1 Å². The van der Waals surface area contributed by atoms with Gasteiger partial charge in [-0.05, 0) is 132 Å².